The third kappa shape index (κ3) is 7.32. The van der Waals surface area contributed by atoms with E-state index >= 15 is 0 Å². The number of allylic oxidation sites excluding steroid dienone is 1. The molecule has 5 nitrogen and oxygen atoms in total. The Labute approximate surface area is 153 Å². The van der Waals surface area contributed by atoms with Crippen molar-refractivity contribution in [1.82, 2.24) is 5.32 Å². The van der Waals surface area contributed by atoms with Gasteiger partial charge in [-0.3, -0.25) is 4.79 Å². The zero-order chi connectivity index (χ0) is 18.6. The Kier molecular flexibility index (Phi) is 8.09. The van der Waals surface area contributed by atoms with Gasteiger partial charge in [-0.25, -0.2) is 4.79 Å². The Bertz CT molecular complexity index is 713. The highest BCUT2D eigenvalue weighted by atomic mass is 16.5. The molecule has 2 aromatic rings. The van der Waals surface area contributed by atoms with Gasteiger partial charge in [0.1, 0.15) is 6.61 Å². The van der Waals surface area contributed by atoms with Crippen molar-refractivity contribution in [3.05, 3.63) is 83.9 Å². The standard InChI is InChI=1S/C21H23NO4/c1-17(23)9-8-14-25-16-20(19-12-6-3-7-13-19)22-21(24)26-15-18-10-4-2-5-11-18/h2-13,20H,14-16H2,1H3,(H,22,24)/b9-8+/t20-/m1/s1. The molecule has 1 atom stereocenters. The third-order valence-electron chi connectivity index (χ3n) is 3.56. The van der Waals surface area contributed by atoms with E-state index in [4.69, 9.17) is 9.47 Å². The van der Waals surface area contributed by atoms with Crippen molar-refractivity contribution >= 4 is 11.9 Å². The summed E-state index contributed by atoms with van der Waals surface area (Å²) in [6.45, 7) is 2.25. The molecule has 0 fully saturated rings. The van der Waals surface area contributed by atoms with Crippen LogP contribution >= 0.6 is 0 Å². The van der Waals surface area contributed by atoms with Gasteiger partial charge in [-0.1, -0.05) is 66.7 Å². The van der Waals surface area contributed by atoms with Crippen LogP contribution in [0.1, 0.15) is 24.1 Å². The van der Waals surface area contributed by atoms with Crippen molar-refractivity contribution in [2.75, 3.05) is 13.2 Å². The minimum absolute atomic E-state index is 0.0316. The molecule has 2 rings (SSSR count). The van der Waals surface area contributed by atoms with Crippen LogP contribution in [0.25, 0.3) is 0 Å². The van der Waals surface area contributed by atoms with Crippen LogP contribution in [0.5, 0.6) is 0 Å². The summed E-state index contributed by atoms with van der Waals surface area (Å²) in [4.78, 5) is 23.0. The molecule has 0 aliphatic heterocycles. The van der Waals surface area contributed by atoms with Crippen LogP contribution < -0.4 is 5.32 Å². The summed E-state index contributed by atoms with van der Waals surface area (Å²) in [7, 11) is 0. The second-order valence-electron chi connectivity index (χ2n) is 5.72. The van der Waals surface area contributed by atoms with Crippen LogP contribution in [0.15, 0.2) is 72.8 Å². The predicted molar refractivity (Wildman–Crippen MR) is 99.6 cm³/mol. The van der Waals surface area contributed by atoms with Crippen LogP contribution in [0.2, 0.25) is 0 Å². The molecule has 0 saturated carbocycles. The fourth-order valence-electron chi connectivity index (χ4n) is 2.28. The molecule has 0 bridgehead atoms. The van der Waals surface area contributed by atoms with Gasteiger partial charge in [0.2, 0.25) is 0 Å². The minimum atomic E-state index is -0.509. The summed E-state index contributed by atoms with van der Waals surface area (Å²) in [5.41, 5.74) is 1.84. The fourth-order valence-corrected chi connectivity index (χ4v) is 2.28. The molecule has 0 radical (unpaired) electrons. The number of carbonyl (C=O) groups is 2. The van der Waals surface area contributed by atoms with Crippen molar-refractivity contribution in [2.24, 2.45) is 0 Å². The molecule has 0 aliphatic rings. The van der Waals surface area contributed by atoms with E-state index < -0.39 is 6.09 Å². The number of carbonyl (C=O) groups excluding carboxylic acids is 2. The van der Waals surface area contributed by atoms with Gasteiger partial charge < -0.3 is 14.8 Å². The first-order chi connectivity index (χ1) is 12.6. The fraction of sp³-hybridized carbons (Fsp3) is 0.238. The van der Waals surface area contributed by atoms with E-state index in [1.807, 2.05) is 60.7 Å². The van der Waals surface area contributed by atoms with Crippen LogP contribution in [0, 0.1) is 0 Å². The van der Waals surface area contributed by atoms with E-state index in [0.717, 1.165) is 11.1 Å². The van der Waals surface area contributed by atoms with Crippen molar-refractivity contribution in [1.29, 1.82) is 0 Å². The largest absolute Gasteiger partial charge is 0.445 e. The quantitative estimate of drug-likeness (QED) is 0.550. The lowest BCUT2D eigenvalue weighted by Gasteiger charge is -2.19. The summed E-state index contributed by atoms with van der Waals surface area (Å²) in [5, 5.41) is 2.83. The van der Waals surface area contributed by atoms with E-state index in [2.05, 4.69) is 5.32 Å². The van der Waals surface area contributed by atoms with E-state index in [1.54, 1.807) is 6.08 Å². The number of amides is 1. The van der Waals surface area contributed by atoms with Crippen molar-refractivity contribution in [3.63, 3.8) is 0 Å². The molecule has 0 unspecified atom stereocenters. The molecule has 0 spiro atoms. The minimum Gasteiger partial charge on any atom is -0.445 e. The maximum atomic E-state index is 12.1. The molecule has 0 aliphatic carbocycles. The van der Waals surface area contributed by atoms with Crippen molar-refractivity contribution in [3.8, 4) is 0 Å². The van der Waals surface area contributed by atoms with Crippen LogP contribution in [-0.2, 0) is 20.9 Å². The molecule has 0 aromatic heterocycles. The first-order valence-corrected chi connectivity index (χ1v) is 8.42. The zero-order valence-electron chi connectivity index (χ0n) is 14.8. The monoisotopic (exact) mass is 353 g/mol. The Morgan fingerprint density at radius 1 is 1.04 bits per heavy atom. The van der Waals surface area contributed by atoms with Crippen molar-refractivity contribution in [2.45, 2.75) is 19.6 Å². The van der Waals surface area contributed by atoms with Gasteiger partial charge in [0, 0.05) is 0 Å². The molecular formula is C21H23NO4. The van der Waals surface area contributed by atoms with Gasteiger partial charge in [0.05, 0.1) is 19.3 Å². The Balaban J connectivity index is 1.88. The summed E-state index contributed by atoms with van der Waals surface area (Å²) in [6, 6.07) is 18.7. The first-order valence-electron chi connectivity index (χ1n) is 8.42. The predicted octanol–water partition coefficient (Wildman–Crippen LogP) is 3.82. The third-order valence-corrected chi connectivity index (χ3v) is 3.56. The molecule has 0 saturated heterocycles. The van der Waals surface area contributed by atoms with Gasteiger partial charge in [0.25, 0.3) is 0 Å². The van der Waals surface area contributed by atoms with Gasteiger partial charge in [-0.05, 0) is 24.1 Å². The molecule has 1 N–H and O–H groups in total. The second kappa shape index (κ2) is 10.8. The molecule has 5 heteroatoms. The zero-order valence-corrected chi connectivity index (χ0v) is 14.8. The van der Waals surface area contributed by atoms with E-state index in [-0.39, 0.29) is 25.0 Å². The topological polar surface area (TPSA) is 64.6 Å². The Morgan fingerprint density at radius 2 is 1.69 bits per heavy atom. The highest BCUT2D eigenvalue weighted by Crippen LogP contribution is 2.13. The molecular weight excluding hydrogens is 330 g/mol. The maximum Gasteiger partial charge on any atom is 0.408 e. The maximum absolute atomic E-state index is 12.1. The lowest BCUT2D eigenvalue weighted by atomic mass is 10.1. The van der Waals surface area contributed by atoms with Gasteiger partial charge >= 0.3 is 6.09 Å². The van der Waals surface area contributed by atoms with Gasteiger partial charge in [-0.2, -0.15) is 0 Å². The number of alkyl carbamates (subject to hydrolysis) is 1. The van der Waals surface area contributed by atoms with E-state index in [0.29, 0.717) is 6.61 Å². The Hall–Kier alpha value is -2.92. The van der Waals surface area contributed by atoms with E-state index in [1.165, 1.54) is 13.0 Å². The lowest BCUT2D eigenvalue weighted by molar-refractivity contribution is -0.112. The van der Waals surface area contributed by atoms with Crippen LogP contribution in [-0.4, -0.2) is 25.1 Å². The van der Waals surface area contributed by atoms with Gasteiger partial charge in [0.15, 0.2) is 5.78 Å². The number of ketones is 1. The number of benzene rings is 2. The summed E-state index contributed by atoms with van der Waals surface area (Å²) < 4.78 is 10.8. The van der Waals surface area contributed by atoms with Crippen LogP contribution in [0.4, 0.5) is 4.79 Å². The smallest absolute Gasteiger partial charge is 0.408 e. The SMILES string of the molecule is CC(=O)/C=C/COC[C@@H](NC(=O)OCc1ccccc1)c1ccccc1. The highest BCUT2D eigenvalue weighted by Gasteiger charge is 2.15. The number of rotatable bonds is 9. The number of ether oxygens (including phenoxy) is 2. The highest BCUT2D eigenvalue weighted by molar-refractivity contribution is 5.87. The number of nitrogens with one attached hydrogen (secondary N) is 1. The number of hydrogen-bond acceptors (Lipinski definition) is 4. The Morgan fingerprint density at radius 3 is 2.35 bits per heavy atom. The van der Waals surface area contributed by atoms with Crippen LogP contribution in [0.3, 0.4) is 0 Å². The number of hydrogen-bond donors (Lipinski definition) is 1. The summed E-state index contributed by atoms with van der Waals surface area (Å²) in [6.07, 6.45) is 2.60. The van der Waals surface area contributed by atoms with Gasteiger partial charge in [-0.15, -0.1) is 0 Å². The summed E-state index contributed by atoms with van der Waals surface area (Å²) in [5.74, 6) is -0.0316. The molecule has 2 aromatic carbocycles. The molecule has 26 heavy (non-hydrogen) atoms. The first kappa shape index (κ1) is 19.4. The normalized spacial score (nSPS) is 11.9. The second-order valence-corrected chi connectivity index (χ2v) is 5.72. The van der Waals surface area contributed by atoms with Crippen molar-refractivity contribution < 1.29 is 19.1 Å². The molecule has 0 heterocycles. The average Bonchev–Trinajstić information content (AvgIpc) is 2.66. The summed E-state index contributed by atoms with van der Waals surface area (Å²) >= 11 is 0. The molecule has 1 amide bonds. The lowest BCUT2D eigenvalue weighted by Crippen LogP contribution is -2.32. The van der Waals surface area contributed by atoms with E-state index in [9.17, 15) is 9.59 Å². The average molecular weight is 353 g/mol. The molecule has 136 valence electrons.